The molecule has 0 aliphatic rings. The van der Waals surface area contributed by atoms with E-state index in [9.17, 15) is 4.39 Å². The zero-order chi connectivity index (χ0) is 13.3. The first kappa shape index (κ1) is 12.8. The summed E-state index contributed by atoms with van der Waals surface area (Å²) in [6.07, 6.45) is 0.805. The number of fused-ring (bicyclic) bond motifs is 1. The highest BCUT2D eigenvalue weighted by atomic mass is 19.1. The van der Waals surface area contributed by atoms with Gasteiger partial charge in [0.25, 0.3) is 0 Å². The molecule has 1 heterocycles. The van der Waals surface area contributed by atoms with Gasteiger partial charge in [-0.25, -0.2) is 4.39 Å². The number of hydrazine groups is 1. The summed E-state index contributed by atoms with van der Waals surface area (Å²) in [5.74, 6) is 5.25. The van der Waals surface area contributed by atoms with Gasteiger partial charge < -0.3 is 5.43 Å². The average molecular weight is 247 g/mol. The first-order valence-electron chi connectivity index (χ1n) is 5.95. The Morgan fingerprint density at radius 2 is 2.00 bits per heavy atom. The van der Waals surface area contributed by atoms with Crippen LogP contribution in [-0.2, 0) is 6.42 Å². The van der Waals surface area contributed by atoms with Gasteiger partial charge in [-0.2, -0.15) is 0 Å². The van der Waals surface area contributed by atoms with E-state index >= 15 is 0 Å². The van der Waals surface area contributed by atoms with Gasteiger partial charge >= 0.3 is 0 Å². The normalized spacial score (nSPS) is 11.8. The lowest BCUT2D eigenvalue weighted by Crippen LogP contribution is -2.16. The standard InChI is InChI=1S/C14H18FN3/c1-14(2,3)8-13-12(18-16)7-9-6-10(15)4-5-11(9)17-13/h4-7,18H,8,16H2,1-3H3. The maximum Gasteiger partial charge on any atom is 0.123 e. The van der Waals surface area contributed by atoms with Gasteiger partial charge in [0.1, 0.15) is 5.82 Å². The molecule has 0 saturated carbocycles. The topological polar surface area (TPSA) is 50.9 Å². The van der Waals surface area contributed by atoms with Gasteiger partial charge in [-0.1, -0.05) is 20.8 Å². The zero-order valence-corrected chi connectivity index (χ0v) is 10.9. The number of pyridine rings is 1. The number of hydrogen-bond donors (Lipinski definition) is 2. The molecular weight excluding hydrogens is 229 g/mol. The maximum atomic E-state index is 13.2. The summed E-state index contributed by atoms with van der Waals surface area (Å²) in [5, 5.41) is 0.751. The molecule has 0 saturated heterocycles. The second kappa shape index (κ2) is 4.53. The van der Waals surface area contributed by atoms with Gasteiger partial charge in [-0.15, -0.1) is 0 Å². The van der Waals surface area contributed by atoms with Crippen LogP contribution < -0.4 is 11.3 Å². The molecule has 0 amide bonds. The summed E-state index contributed by atoms with van der Waals surface area (Å²) in [7, 11) is 0. The van der Waals surface area contributed by atoms with Crippen LogP contribution in [0.25, 0.3) is 10.9 Å². The van der Waals surface area contributed by atoms with Crippen LogP contribution in [0.5, 0.6) is 0 Å². The van der Waals surface area contributed by atoms with Crippen LogP contribution in [-0.4, -0.2) is 4.98 Å². The molecule has 0 unspecified atom stereocenters. The van der Waals surface area contributed by atoms with Crippen molar-refractivity contribution >= 4 is 16.6 Å². The highest BCUT2D eigenvalue weighted by Gasteiger charge is 2.16. The Morgan fingerprint density at radius 1 is 1.28 bits per heavy atom. The molecule has 1 aromatic heterocycles. The van der Waals surface area contributed by atoms with Crippen molar-refractivity contribution in [3.8, 4) is 0 Å². The predicted octanol–water partition coefficient (Wildman–Crippen LogP) is 3.25. The fourth-order valence-corrected chi connectivity index (χ4v) is 1.95. The number of rotatable bonds is 2. The van der Waals surface area contributed by atoms with E-state index in [0.29, 0.717) is 0 Å². The summed E-state index contributed by atoms with van der Waals surface area (Å²) in [6.45, 7) is 6.43. The molecule has 2 aromatic rings. The van der Waals surface area contributed by atoms with Crippen molar-refractivity contribution in [2.45, 2.75) is 27.2 Å². The number of benzene rings is 1. The Bertz CT molecular complexity index is 573. The molecule has 3 nitrogen and oxygen atoms in total. The summed E-state index contributed by atoms with van der Waals surface area (Å²) < 4.78 is 13.2. The minimum Gasteiger partial charge on any atom is -0.322 e. The van der Waals surface area contributed by atoms with E-state index in [1.54, 1.807) is 6.07 Å². The second-order valence-corrected chi connectivity index (χ2v) is 5.70. The van der Waals surface area contributed by atoms with E-state index < -0.39 is 0 Å². The van der Waals surface area contributed by atoms with Crippen molar-refractivity contribution in [3.05, 3.63) is 35.8 Å². The Morgan fingerprint density at radius 3 is 2.61 bits per heavy atom. The number of nitrogen functional groups attached to an aromatic ring is 1. The van der Waals surface area contributed by atoms with E-state index in [2.05, 4.69) is 31.2 Å². The van der Waals surface area contributed by atoms with E-state index in [-0.39, 0.29) is 11.2 Å². The van der Waals surface area contributed by atoms with Crippen LogP contribution in [0.2, 0.25) is 0 Å². The predicted molar refractivity (Wildman–Crippen MR) is 72.7 cm³/mol. The highest BCUT2D eigenvalue weighted by Crippen LogP contribution is 2.27. The summed E-state index contributed by atoms with van der Waals surface area (Å²) in [5.41, 5.74) is 5.21. The van der Waals surface area contributed by atoms with Crippen LogP contribution >= 0.6 is 0 Å². The van der Waals surface area contributed by atoms with Gasteiger partial charge in [0.15, 0.2) is 0 Å². The van der Waals surface area contributed by atoms with Crippen LogP contribution in [0.3, 0.4) is 0 Å². The molecule has 0 aliphatic heterocycles. The highest BCUT2D eigenvalue weighted by molar-refractivity contribution is 5.82. The van der Waals surface area contributed by atoms with Crippen LogP contribution in [0.4, 0.5) is 10.1 Å². The Hall–Kier alpha value is -1.68. The smallest absolute Gasteiger partial charge is 0.123 e. The summed E-state index contributed by atoms with van der Waals surface area (Å²) in [6, 6.07) is 6.42. The molecule has 1 aromatic carbocycles. The van der Waals surface area contributed by atoms with Crippen molar-refractivity contribution in [2.24, 2.45) is 11.3 Å². The third-order valence-corrected chi connectivity index (χ3v) is 2.71. The van der Waals surface area contributed by atoms with Crippen molar-refractivity contribution in [1.82, 2.24) is 4.98 Å². The SMILES string of the molecule is CC(C)(C)Cc1nc2ccc(F)cc2cc1NN. The van der Waals surface area contributed by atoms with Gasteiger partial charge in [0.2, 0.25) is 0 Å². The summed E-state index contributed by atoms with van der Waals surface area (Å²) in [4.78, 5) is 4.56. The lowest BCUT2D eigenvalue weighted by molar-refractivity contribution is 0.407. The van der Waals surface area contributed by atoms with Gasteiger partial charge in [0, 0.05) is 5.39 Å². The van der Waals surface area contributed by atoms with Crippen molar-refractivity contribution in [1.29, 1.82) is 0 Å². The second-order valence-electron chi connectivity index (χ2n) is 5.70. The fourth-order valence-electron chi connectivity index (χ4n) is 1.95. The molecule has 0 radical (unpaired) electrons. The molecule has 2 rings (SSSR count). The van der Waals surface area contributed by atoms with Crippen molar-refractivity contribution in [3.63, 3.8) is 0 Å². The average Bonchev–Trinajstić information content (AvgIpc) is 2.26. The molecule has 18 heavy (non-hydrogen) atoms. The molecule has 0 aliphatic carbocycles. The minimum atomic E-state index is -0.268. The van der Waals surface area contributed by atoms with E-state index in [0.717, 1.165) is 28.7 Å². The minimum absolute atomic E-state index is 0.117. The summed E-state index contributed by atoms with van der Waals surface area (Å²) >= 11 is 0. The monoisotopic (exact) mass is 247 g/mol. The molecule has 4 heteroatoms. The molecule has 0 bridgehead atoms. The third kappa shape index (κ3) is 2.76. The molecule has 0 spiro atoms. The molecule has 0 fully saturated rings. The number of anilines is 1. The number of aromatic nitrogens is 1. The first-order valence-corrected chi connectivity index (χ1v) is 5.95. The van der Waals surface area contributed by atoms with E-state index in [4.69, 9.17) is 5.84 Å². The van der Waals surface area contributed by atoms with Gasteiger partial charge in [-0.3, -0.25) is 10.8 Å². The van der Waals surface area contributed by atoms with Crippen molar-refractivity contribution < 1.29 is 4.39 Å². The first-order chi connectivity index (χ1) is 8.39. The number of nitrogens with zero attached hydrogens (tertiary/aromatic N) is 1. The van der Waals surface area contributed by atoms with Crippen LogP contribution in [0.1, 0.15) is 26.5 Å². The van der Waals surface area contributed by atoms with Crippen LogP contribution in [0, 0.1) is 11.2 Å². The number of hydrogen-bond acceptors (Lipinski definition) is 3. The number of halogens is 1. The zero-order valence-electron chi connectivity index (χ0n) is 10.9. The van der Waals surface area contributed by atoms with E-state index in [1.807, 2.05) is 6.07 Å². The Balaban J connectivity index is 2.55. The fraction of sp³-hybridized carbons (Fsp3) is 0.357. The lowest BCUT2D eigenvalue weighted by atomic mass is 9.89. The van der Waals surface area contributed by atoms with Gasteiger partial charge in [-0.05, 0) is 36.1 Å². The van der Waals surface area contributed by atoms with Crippen LogP contribution in [0.15, 0.2) is 24.3 Å². The molecular formula is C14H18FN3. The largest absolute Gasteiger partial charge is 0.322 e. The van der Waals surface area contributed by atoms with Gasteiger partial charge in [0.05, 0.1) is 16.9 Å². The quantitative estimate of drug-likeness (QED) is 0.632. The lowest BCUT2D eigenvalue weighted by Gasteiger charge is -2.20. The third-order valence-electron chi connectivity index (χ3n) is 2.71. The molecule has 0 atom stereocenters. The number of nitrogens with one attached hydrogen (secondary N) is 1. The molecule has 3 N–H and O–H groups in total. The maximum absolute atomic E-state index is 13.2. The molecule has 96 valence electrons. The van der Waals surface area contributed by atoms with E-state index in [1.165, 1.54) is 12.1 Å². The Labute approximate surface area is 106 Å². The van der Waals surface area contributed by atoms with Crippen molar-refractivity contribution in [2.75, 3.05) is 5.43 Å². The Kier molecular flexibility index (Phi) is 3.22. The number of nitrogens with two attached hydrogens (primary N) is 1.